The normalized spacial score (nSPS) is 25.2. The van der Waals surface area contributed by atoms with Crippen LogP contribution in [0.1, 0.15) is 32.1 Å². The fourth-order valence-electron chi connectivity index (χ4n) is 2.37. The van der Waals surface area contributed by atoms with Gasteiger partial charge in [-0.3, -0.25) is 24.8 Å². The highest BCUT2D eigenvalue weighted by molar-refractivity contribution is 6.07. The van der Waals surface area contributed by atoms with Crippen LogP contribution in [0.5, 0.6) is 0 Å². The van der Waals surface area contributed by atoms with Gasteiger partial charge >= 0.3 is 0 Å². The Morgan fingerprint density at radius 2 is 2.06 bits per heavy atom. The average molecular weight is 239 g/mol. The van der Waals surface area contributed by atoms with E-state index in [-0.39, 0.29) is 30.2 Å². The van der Waals surface area contributed by atoms with Gasteiger partial charge in [0.2, 0.25) is 5.91 Å². The summed E-state index contributed by atoms with van der Waals surface area (Å²) in [6, 6.07) is 0.222. The Kier molecular flexibility index (Phi) is 3.31. The molecular formula is C11H17N3O3. The predicted molar refractivity (Wildman–Crippen MR) is 59.4 cm³/mol. The molecule has 1 saturated heterocycles. The SMILES string of the molecule is CN1NC(=O)C(CC(=O)NC2CCCC2)C1=O. The van der Waals surface area contributed by atoms with Gasteiger partial charge in [-0.2, -0.15) is 0 Å². The van der Waals surface area contributed by atoms with E-state index >= 15 is 0 Å². The molecule has 0 aromatic carbocycles. The molecule has 0 aromatic heterocycles. The fraction of sp³-hybridized carbons (Fsp3) is 0.727. The first-order valence-corrected chi connectivity index (χ1v) is 5.95. The summed E-state index contributed by atoms with van der Waals surface area (Å²) in [5.41, 5.74) is 2.38. The van der Waals surface area contributed by atoms with E-state index in [2.05, 4.69) is 10.7 Å². The van der Waals surface area contributed by atoms with Crippen LogP contribution in [0.25, 0.3) is 0 Å². The molecule has 0 aromatic rings. The largest absolute Gasteiger partial charge is 0.353 e. The van der Waals surface area contributed by atoms with Crippen LogP contribution >= 0.6 is 0 Å². The Hall–Kier alpha value is -1.59. The van der Waals surface area contributed by atoms with Crippen LogP contribution in [0.2, 0.25) is 0 Å². The fourth-order valence-corrected chi connectivity index (χ4v) is 2.37. The van der Waals surface area contributed by atoms with Gasteiger partial charge in [-0.25, -0.2) is 0 Å². The highest BCUT2D eigenvalue weighted by Crippen LogP contribution is 2.19. The van der Waals surface area contributed by atoms with Crippen molar-refractivity contribution in [1.29, 1.82) is 0 Å². The molecule has 1 unspecified atom stereocenters. The molecule has 1 heterocycles. The van der Waals surface area contributed by atoms with Gasteiger partial charge in [-0.05, 0) is 12.8 Å². The zero-order chi connectivity index (χ0) is 12.4. The summed E-state index contributed by atoms with van der Waals surface area (Å²) in [5.74, 6) is -1.79. The highest BCUT2D eigenvalue weighted by atomic mass is 16.2. The molecule has 0 spiro atoms. The summed E-state index contributed by atoms with van der Waals surface area (Å²) in [4.78, 5) is 34.7. The molecule has 94 valence electrons. The van der Waals surface area contributed by atoms with Gasteiger partial charge in [-0.1, -0.05) is 12.8 Å². The quantitative estimate of drug-likeness (QED) is 0.655. The maximum Gasteiger partial charge on any atom is 0.253 e. The third-order valence-electron chi connectivity index (χ3n) is 3.33. The molecule has 1 aliphatic heterocycles. The summed E-state index contributed by atoms with van der Waals surface area (Å²) in [7, 11) is 1.48. The molecular weight excluding hydrogens is 222 g/mol. The lowest BCUT2D eigenvalue weighted by Crippen LogP contribution is -2.36. The number of carbonyl (C=O) groups is 3. The molecule has 2 N–H and O–H groups in total. The van der Waals surface area contributed by atoms with E-state index in [0.717, 1.165) is 30.7 Å². The molecule has 6 heteroatoms. The molecule has 0 bridgehead atoms. The highest BCUT2D eigenvalue weighted by Gasteiger charge is 2.38. The van der Waals surface area contributed by atoms with Crippen LogP contribution in [0.4, 0.5) is 0 Å². The lowest BCUT2D eigenvalue weighted by molar-refractivity contribution is -0.135. The first-order valence-electron chi connectivity index (χ1n) is 5.95. The second kappa shape index (κ2) is 4.73. The van der Waals surface area contributed by atoms with Crippen LogP contribution in [0.3, 0.4) is 0 Å². The minimum Gasteiger partial charge on any atom is -0.353 e. The van der Waals surface area contributed by atoms with E-state index < -0.39 is 5.92 Å². The third-order valence-corrected chi connectivity index (χ3v) is 3.33. The molecule has 3 amide bonds. The lowest BCUT2D eigenvalue weighted by atomic mass is 10.0. The molecule has 0 radical (unpaired) electrons. The summed E-state index contributed by atoms with van der Waals surface area (Å²) in [5, 5.41) is 4.01. The van der Waals surface area contributed by atoms with E-state index in [0.29, 0.717) is 0 Å². The second-order valence-corrected chi connectivity index (χ2v) is 4.68. The van der Waals surface area contributed by atoms with Gasteiger partial charge < -0.3 is 5.32 Å². The number of hydrazine groups is 1. The summed E-state index contributed by atoms with van der Waals surface area (Å²) < 4.78 is 0. The van der Waals surface area contributed by atoms with Gasteiger partial charge in [0.1, 0.15) is 5.92 Å². The molecule has 1 saturated carbocycles. The maximum absolute atomic E-state index is 11.7. The minimum absolute atomic E-state index is 0.0501. The molecule has 17 heavy (non-hydrogen) atoms. The summed E-state index contributed by atoms with van der Waals surface area (Å²) >= 11 is 0. The maximum atomic E-state index is 11.7. The number of rotatable bonds is 3. The van der Waals surface area contributed by atoms with Crippen LogP contribution < -0.4 is 10.7 Å². The van der Waals surface area contributed by atoms with Gasteiger partial charge in [0.25, 0.3) is 11.8 Å². The zero-order valence-corrected chi connectivity index (χ0v) is 9.86. The van der Waals surface area contributed by atoms with E-state index in [1.54, 1.807) is 0 Å². The summed E-state index contributed by atoms with van der Waals surface area (Å²) in [6.45, 7) is 0. The van der Waals surface area contributed by atoms with E-state index in [1.165, 1.54) is 7.05 Å². The molecule has 2 fully saturated rings. The number of amides is 3. The predicted octanol–water partition coefficient (Wildman–Crippen LogP) is -0.445. The average Bonchev–Trinajstić information content (AvgIpc) is 2.83. The topological polar surface area (TPSA) is 78.5 Å². The standard InChI is InChI=1S/C11H17N3O3/c1-14-11(17)8(10(16)13-14)6-9(15)12-7-4-2-3-5-7/h7-8H,2-6H2,1H3,(H,12,15)(H,13,16). The second-order valence-electron chi connectivity index (χ2n) is 4.68. The third kappa shape index (κ3) is 2.57. The van der Waals surface area contributed by atoms with Crippen molar-refractivity contribution in [2.45, 2.75) is 38.1 Å². The Morgan fingerprint density at radius 3 is 2.59 bits per heavy atom. The van der Waals surface area contributed by atoms with Gasteiger partial charge in [0.05, 0.1) is 0 Å². The van der Waals surface area contributed by atoms with Crippen molar-refractivity contribution >= 4 is 17.7 Å². The van der Waals surface area contributed by atoms with Gasteiger partial charge in [0, 0.05) is 19.5 Å². The van der Waals surface area contributed by atoms with Crippen molar-refractivity contribution < 1.29 is 14.4 Å². The Labute approximate surface area is 99.7 Å². The van der Waals surface area contributed by atoms with Crippen LogP contribution in [0, 0.1) is 5.92 Å². The number of nitrogens with one attached hydrogen (secondary N) is 2. The number of nitrogens with zero attached hydrogens (tertiary/aromatic N) is 1. The van der Waals surface area contributed by atoms with Crippen molar-refractivity contribution in [1.82, 2.24) is 15.8 Å². The van der Waals surface area contributed by atoms with E-state index in [9.17, 15) is 14.4 Å². The molecule has 2 rings (SSSR count). The molecule has 1 aliphatic carbocycles. The number of hydrogen-bond acceptors (Lipinski definition) is 3. The van der Waals surface area contributed by atoms with E-state index in [4.69, 9.17) is 0 Å². The zero-order valence-electron chi connectivity index (χ0n) is 9.86. The van der Waals surface area contributed by atoms with E-state index in [1.807, 2.05) is 0 Å². The van der Waals surface area contributed by atoms with Crippen molar-refractivity contribution in [3.05, 3.63) is 0 Å². The van der Waals surface area contributed by atoms with Crippen LogP contribution in [-0.4, -0.2) is 35.8 Å². The van der Waals surface area contributed by atoms with Crippen molar-refractivity contribution in [2.24, 2.45) is 5.92 Å². The van der Waals surface area contributed by atoms with Crippen LogP contribution in [-0.2, 0) is 14.4 Å². The van der Waals surface area contributed by atoms with Crippen molar-refractivity contribution in [3.8, 4) is 0 Å². The van der Waals surface area contributed by atoms with Crippen molar-refractivity contribution in [3.63, 3.8) is 0 Å². The molecule has 2 aliphatic rings. The minimum atomic E-state index is -0.860. The number of carbonyl (C=O) groups excluding carboxylic acids is 3. The number of hydrogen-bond donors (Lipinski definition) is 2. The molecule has 1 atom stereocenters. The first kappa shape index (κ1) is 11.9. The first-order chi connectivity index (χ1) is 8.08. The van der Waals surface area contributed by atoms with Crippen LogP contribution in [0.15, 0.2) is 0 Å². The Balaban J connectivity index is 1.85. The van der Waals surface area contributed by atoms with Gasteiger partial charge in [0.15, 0.2) is 0 Å². The lowest BCUT2D eigenvalue weighted by Gasteiger charge is -2.12. The Morgan fingerprint density at radius 1 is 1.41 bits per heavy atom. The van der Waals surface area contributed by atoms with Crippen molar-refractivity contribution in [2.75, 3.05) is 7.05 Å². The van der Waals surface area contributed by atoms with Gasteiger partial charge in [-0.15, -0.1) is 0 Å². The monoisotopic (exact) mass is 239 g/mol. The Bertz CT molecular complexity index is 350. The molecule has 6 nitrogen and oxygen atoms in total. The summed E-state index contributed by atoms with van der Waals surface area (Å²) in [6.07, 6.45) is 4.21. The smallest absolute Gasteiger partial charge is 0.253 e.